The molecule has 0 radical (unpaired) electrons. The van der Waals surface area contributed by atoms with Gasteiger partial charge in [0.15, 0.2) is 0 Å². The van der Waals surface area contributed by atoms with Gasteiger partial charge in [-0.1, -0.05) is 6.42 Å². The van der Waals surface area contributed by atoms with Gasteiger partial charge in [0.1, 0.15) is 0 Å². The first kappa shape index (κ1) is 17.8. The van der Waals surface area contributed by atoms with Crippen molar-refractivity contribution in [2.24, 2.45) is 0 Å². The summed E-state index contributed by atoms with van der Waals surface area (Å²) in [6.45, 7) is -0.0279. The van der Waals surface area contributed by atoms with Crippen LogP contribution in [0.25, 0.3) is 0 Å². The molecule has 0 amide bonds. The second-order valence-corrected chi connectivity index (χ2v) is 6.36. The van der Waals surface area contributed by atoms with Crippen LogP contribution in [-0.4, -0.2) is 56.2 Å². The Labute approximate surface area is 113 Å². The van der Waals surface area contributed by atoms with E-state index in [0.29, 0.717) is 19.3 Å². The summed E-state index contributed by atoms with van der Waals surface area (Å²) in [7, 11) is -0.731. The van der Waals surface area contributed by atoms with Gasteiger partial charge in [-0.25, -0.2) is 12.7 Å². The lowest BCUT2D eigenvalue weighted by atomic mass is 10.2. The molecule has 0 atom stereocenters. The summed E-state index contributed by atoms with van der Waals surface area (Å²) in [6.07, 6.45) is 1.71. The van der Waals surface area contributed by atoms with E-state index in [1.807, 2.05) is 0 Å². The number of unbranched alkanes of at least 4 members (excludes halogenated alkanes) is 2. The highest BCUT2D eigenvalue weighted by Gasteiger charge is 2.17. The summed E-state index contributed by atoms with van der Waals surface area (Å²) in [5.41, 5.74) is 0. The van der Waals surface area contributed by atoms with Gasteiger partial charge in [-0.3, -0.25) is 9.59 Å². The molecule has 0 saturated carbocycles. The number of hydrogen-bond donors (Lipinski definition) is 1. The molecular formula is C11H21NO6S. The Kier molecular flexibility index (Phi) is 8.33. The first-order valence-electron chi connectivity index (χ1n) is 6.02. The molecule has 8 heteroatoms. The van der Waals surface area contributed by atoms with Crippen LogP contribution in [0.15, 0.2) is 0 Å². The number of aliphatic carboxylic acids is 1. The van der Waals surface area contributed by atoms with Crippen molar-refractivity contribution in [1.29, 1.82) is 0 Å². The van der Waals surface area contributed by atoms with Crippen LogP contribution >= 0.6 is 0 Å². The summed E-state index contributed by atoms with van der Waals surface area (Å²) in [4.78, 5) is 21.2. The largest absolute Gasteiger partial charge is 0.481 e. The molecule has 0 aromatic carbocycles. The molecule has 7 nitrogen and oxygen atoms in total. The van der Waals surface area contributed by atoms with Crippen LogP contribution in [0.3, 0.4) is 0 Å². The van der Waals surface area contributed by atoms with Gasteiger partial charge in [0.05, 0.1) is 19.3 Å². The average Bonchev–Trinajstić information content (AvgIpc) is 2.34. The minimum Gasteiger partial charge on any atom is -0.481 e. The van der Waals surface area contributed by atoms with Crippen LogP contribution < -0.4 is 0 Å². The average molecular weight is 295 g/mol. The maximum atomic E-state index is 11.7. The third-order valence-corrected chi connectivity index (χ3v) is 4.56. The highest BCUT2D eigenvalue weighted by Crippen LogP contribution is 2.07. The maximum absolute atomic E-state index is 11.7. The Bertz CT molecular complexity index is 392. The molecule has 0 aliphatic heterocycles. The monoisotopic (exact) mass is 295 g/mol. The zero-order valence-corrected chi connectivity index (χ0v) is 12.1. The molecule has 0 unspecified atom stereocenters. The predicted molar refractivity (Wildman–Crippen MR) is 69.2 cm³/mol. The smallest absolute Gasteiger partial charge is 0.305 e. The van der Waals surface area contributed by atoms with Gasteiger partial charge in [0, 0.05) is 20.0 Å². The molecule has 0 rings (SSSR count). The van der Waals surface area contributed by atoms with Crippen LogP contribution in [-0.2, 0) is 24.3 Å². The Hall–Kier alpha value is -1.15. The molecule has 0 fully saturated rings. The fourth-order valence-electron chi connectivity index (χ4n) is 1.38. The number of carboxylic acid groups (broad SMARTS) is 1. The second-order valence-electron chi connectivity index (χ2n) is 4.17. The van der Waals surface area contributed by atoms with Gasteiger partial charge in [0.2, 0.25) is 10.0 Å². The quantitative estimate of drug-likeness (QED) is 0.464. The fourth-order valence-corrected chi connectivity index (χ4v) is 2.63. The SMILES string of the molecule is COC(=O)CCCCCS(=O)(=O)N(C)CCC(=O)O. The Morgan fingerprint density at radius 3 is 2.32 bits per heavy atom. The lowest BCUT2D eigenvalue weighted by Crippen LogP contribution is -2.31. The number of esters is 1. The van der Waals surface area contributed by atoms with Crippen LogP contribution in [0.5, 0.6) is 0 Å². The molecule has 0 aliphatic rings. The number of rotatable bonds is 10. The maximum Gasteiger partial charge on any atom is 0.305 e. The highest BCUT2D eigenvalue weighted by molar-refractivity contribution is 7.89. The Morgan fingerprint density at radius 1 is 1.16 bits per heavy atom. The van der Waals surface area contributed by atoms with Crippen LogP contribution in [0.4, 0.5) is 0 Å². The van der Waals surface area contributed by atoms with Gasteiger partial charge in [-0.2, -0.15) is 0 Å². The number of sulfonamides is 1. The number of hydrogen-bond acceptors (Lipinski definition) is 5. The molecule has 0 aromatic rings. The van der Waals surface area contributed by atoms with E-state index in [1.54, 1.807) is 0 Å². The molecule has 112 valence electrons. The van der Waals surface area contributed by atoms with Gasteiger partial charge >= 0.3 is 11.9 Å². The van der Waals surface area contributed by atoms with E-state index < -0.39 is 16.0 Å². The van der Waals surface area contributed by atoms with Gasteiger partial charge in [-0.15, -0.1) is 0 Å². The number of carbonyl (C=O) groups excluding carboxylic acids is 1. The molecule has 0 aliphatic carbocycles. The van der Waals surface area contributed by atoms with E-state index in [-0.39, 0.29) is 31.1 Å². The molecule has 19 heavy (non-hydrogen) atoms. The number of carboxylic acids is 1. The summed E-state index contributed by atoms with van der Waals surface area (Å²) < 4.78 is 29.0. The lowest BCUT2D eigenvalue weighted by molar-refractivity contribution is -0.140. The van der Waals surface area contributed by atoms with E-state index in [0.717, 1.165) is 4.31 Å². The Balaban J connectivity index is 3.90. The Morgan fingerprint density at radius 2 is 1.79 bits per heavy atom. The fraction of sp³-hybridized carbons (Fsp3) is 0.818. The number of methoxy groups -OCH3 is 1. The zero-order chi connectivity index (χ0) is 14.9. The van der Waals surface area contributed by atoms with Crippen molar-refractivity contribution in [2.75, 3.05) is 26.5 Å². The van der Waals surface area contributed by atoms with E-state index in [1.165, 1.54) is 14.2 Å². The predicted octanol–water partition coefficient (Wildman–Crippen LogP) is 0.456. The molecule has 0 saturated heterocycles. The first-order valence-corrected chi connectivity index (χ1v) is 7.63. The minimum atomic E-state index is -3.41. The van der Waals surface area contributed by atoms with Crippen LogP contribution in [0, 0.1) is 0 Å². The standard InChI is InChI=1S/C11H21NO6S/c1-12(8-7-10(13)14)19(16,17)9-5-3-4-6-11(15)18-2/h3-9H2,1-2H3,(H,13,14). The molecule has 0 spiro atoms. The number of nitrogens with zero attached hydrogens (tertiary/aromatic N) is 1. The van der Waals surface area contributed by atoms with Crippen molar-refractivity contribution in [2.45, 2.75) is 32.1 Å². The van der Waals surface area contributed by atoms with Crippen molar-refractivity contribution in [1.82, 2.24) is 4.31 Å². The lowest BCUT2D eigenvalue weighted by Gasteiger charge is -2.15. The number of ether oxygens (including phenoxy) is 1. The summed E-state index contributed by atoms with van der Waals surface area (Å²) in [5, 5.41) is 8.48. The number of carbonyl (C=O) groups is 2. The second kappa shape index (κ2) is 8.87. The zero-order valence-electron chi connectivity index (χ0n) is 11.3. The van der Waals surface area contributed by atoms with E-state index >= 15 is 0 Å². The molecule has 0 bridgehead atoms. The molecule has 0 aromatic heterocycles. The van der Waals surface area contributed by atoms with Crippen molar-refractivity contribution in [3.63, 3.8) is 0 Å². The van der Waals surface area contributed by atoms with Gasteiger partial charge in [0.25, 0.3) is 0 Å². The third-order valence-electron chi connectivity index (χ3n) is 2.63. The van der Waals surface area contributed by atoms with Crippen LogP contribution in [0.2, 0.25) is 0 Å². The third kappa shape index (κ3) is 8.55. The van der Waals surface area contributed by atoms with Gasteiger partial charge in [-0.05, 0) is 12.8 Å². The van der Waals surface area contributed by atoms with E-state index in [2.05, 4.69) is 4.74 Å². The summed E-state index contributed by atoms with van der Waals surface area (Å²) >= 11 is 0. The van der Waals surface area contributed by atoms with Crippen molar-refractivity contribution in [3.05, 3.63) is 0 Å². The summed E-state index contributed by atoms with van der Waals surface area (Å²) in [6, 6.07) is 0. The van der Waals surface area contributed by atoms with Crippen molar-refractivity contribution in [3.8, 4) is 0 Å². The van der Waals surface area contributed by atoms with E-state index in [4.69, 9.17) is 5.11 Å². The normalized spacial score (nSPS) is 11.5. The van der Waals surface area contributed by atoms with Crippen LogP contribution in [0.1, 0.15) is 32.1 Å². The van der Waals surface area contributed by atoms with Crippen molar-refractivity contribution >= 4 is 22.0 Å². The molecule has 1 N–H and O–H groups in total. The van der Waals surface area contributed by atoms with Crippen molar-refractivity contribution < 1.29 is 27.9 Å². The highest BCUT2D eigenvalue weighted by atomic mass is 32.2. The summed E-state index contributed by atoms with van der Waals surface area (Å²) in [5.74, 6) is -1.37. The van der Waals surface area contributed by atoms with E-state index in [9.17, 15) is 18.0 Å². The molecule has 0 heterocycles. The first-order chi connectivity index (χ1) is 8.79. The minimum absolute atomic E-state index is 0.0279. The topological polar surface area (TPSA) is 101 Å². The van der Waals surface area contributed by atoms with Gasteiger partial charge < -0.3 is 9.84 Å². The molecular weight excluding hydrogens is 274 g/mol.